The number of hydrogen-bond acceptors (Lipinski definition) is 5. The predicted molar refractivity (Wildman–Crippen MR) is 78.9 cm³/mol. The van der Waals surface area contributed by atoms with Crippen LogP contribution in [-0.4, -0.2) is 20.7 Å². The van der Waals surface area contributed by atoms with Crippen LogP contribution in [-0.2, 0) is 4.79 Å². The van der Waals surface area contributed by atoms with Crippen molar-refractivity contribution in [3.8, 4) is 0 Å². The Morgan fingerprint density at radius 1 is 1.32 bits per heavy atom. The van der Waals surface area contributed by atoms with Crippen LogP contribution in [0.3, 0.4) is 0 Å². The lowest BCUT2D eigenvalue weighted by atomic mass is 10.0. The first-order valence-corrected chi connectivity index (χ1v) is 7.07. The Kier molecular flexibility index (Phi) is 4.25. The van der Waals surface area contributed by atoms with Gasteiger partial charge in [0.25, 0.3) is 0 Å². The maximum absolute atomic E-state index is 12.0. The van der Waals surface area contributed by atoms with Crippen LogP contribution in [0, 0.1) is 5.92 Å². The molecule has 1 atom stereocenters. The average Bonchev–Trinajstić information content (AvgIpc) is 2.82. The zero-order valence-corrected chi connectivity index (χ0v) is 12.6. The van der Waals surface area contributed by atoms with E-state index in [9.17, 15) is 4.79 Å². The zero-order valence-electron chi connectivity index (χ0n) is 10.3. The summed E-state index contributed by atoms with van der Waals surface area (Å²) in [5, 5.41) is 3.41. The van der Waals surface area contributed by atoms with Gasteiger partial charge in [0, 0.05) is 0 Å². The minimum Gasteiger partial charge on any atom is -0.322 e. The molecule has 8 heteroatoms. The first-order valence-electron chi connectivity index (χ1n) is 5.58. The molecule has 102 valence electrons. The Hall–Kier alpha value is -0.950. The highest BCUT2D eigenvalue weighted by molar-refractivity contribution is 7.00. The summed E-state index contributed by atoms with van der Waals surface area (Å²) >= 11 is 13.1. The van der Waals surface area contributed by atoms with Crippen LogP contribution in [0.1, 0.15) is 13.8 Å². The number of anilines is 1. The summed E-state index contributed by atoms with van der Waals surface area (Å²) in [6.07, 6.45) is 0. The highest BCUT2D eigenvalue weighted by Gasteiger charge is 2.21. The van der Waals surface area contributed by atoms with Gasteiger partial charge < -0.3 is 11.1 Å². The molecular formula is C11H12Cl2N4OS. The van der Waals surface area contributed by atoms with Gasteiger partial charge in [0.1, 0.15) is 11.0 Å². The molecule has 1 amide bonds. The van der Waals surface area contributed by atoms with Gasteiger partial charge in [-0.1, -0.05) is 37.0 Å². The van der Waals surface area contributed by atoms with Crippen molar-refractivity contribution in [2.75, 3.05) is 5.32 Å². The van der Waals surface area contributed by atoms with Crippen molar-refractivity contribution in [1.29, 1.82) is 0 Å². The number of carbonyl (C=O) groups is 1. The van der Waals surface area contributed by atoms with E-state index in [4.69, 9.17) is 28.9 Å². The van der Waals surface area contributed by atoms with E-state index in [0.717, 1.165) is 11.7 Å². The molecule has 0 aliphatic carbocycles. The highest BCUT2D eigenvalue weighted by Crippen LogP contribution is 2.35. The molecule has 0 aliphatic rings. The van der Waals surface area contributed by atoms with E-state index in [1.165, 1.54) is 6.07 Å². The second kappa shape index (κ2) is 5.58. The minimum absolute atomic E-state index is 0.0233. The molecule has 2 rings (SSSR count). The molecular weight excluding hydrogens is 307 g/mol. The first-order chi connectivity index (χ1) is 8.91. The molecule has 0 aliphatic heterocycles. The lowest BCUT2D eigenvalue weighted by Crippen LogP contribution is -2.39. The van der Waals surface area contributed by atoms with Crippen molar-refractivity contribution >= 4 is 57.6 Å². The van der Waals surface area contributed by atoms with Crippen LogP contribution < -0.4 is 11.1 Å². The van der Waals surface area contributed by atoms with Crippen molar-refractivity contribution in [2.24, 2.45) is 11.7 Å². The fourth-order valence-electron chi connectivity index (χ4n) is 1.50. The molecule has 19 heavy (non-hydrogen) atoms. The fraction of sp³-hybridized carbons (Fsp3) is 0.364. The number of carbonyl (C=O) groups excluding carboxylic acids is 1. The van der Waals surface area contributed by atoms with Gasteiger partial charge in [0.2, 0.25) is 5.91 Å². The van der Waals surface area contributed by atoms with Crippen LogP contribution >= 0.6 is 34.9 Å². The summed E-state index contributed by atoms with van der Waals surface area (Å²) in [7, 11) is 0. The van der Waals surface area contributed by atoms with Crippen LogP contribution in [0.15, 0.2) is 6.07 Å². The second-order valence-corrected chi connectivity index (χ2v) is 5.78. The molecule has 0 spiro atoms. The molecule has 0 saturated carbocycles. The van der Waals surface area contributed by atoms with Gasteiger partial charge in [0.05, 0.1) is 33.5 Å². The number of nitrogens with two attached hydrogens (primary N) is 1. The molecule has 3 N–H and O–H groups in total. The van der Waals surface area contributed by atoms with Gasteiger partial charge in [0.15, 0.2) is 0 Å². The molecule has 1 heterocycles. The third-order valence-electron chi connectivity index (χ3n) is 2.71. The van der Waals surface area contributed by atoms with E-state index in [1.807, 2.05) is 13.8 Å². The number of fused-ring (bicyclic) bond motifs is 1. The third kappa shape index (κ3) is 2.81. The Labute approximate surface area is 124 Å². The molecule has 5 nitrogen and oxygen atoms in total. The van der Waals surface area contributed by atoms with Gasteiger partial charge >= 0.3 is 0 Å². The summed E-state index contributed by atoms with van der Waals surface area (Å²) in [5.74, 6) is -0.288. The SMILES string of the molecule is CC(C)C(N)C(=O)Nc1c(Cl)cc(Cl)c2nsnc12. The highest BCUT2D eigenvalue weighted by atomic mass is 35.5. The molecule has 1 aromatic heterocycles. The van der Waals surface area contributed by atoms with Crippen LogP contribution in [0.4, 0.5) is 5.69 Å². The molecule has 0 saturated heterocycles. The maximum atomic E-state index is 12.0. The van der Waals surface area contributed by atoms with Gasteiger partial charge in [-0.15, -0.1) is 0 Å². The number of amides is 1. The number of halogens is 2. The lowest BCUT2D eigenvalue weighted by molar-refractivity contribution is -0.118. The number of nitrogens with zero attached hydrogens (tertiary/aromatic N) is 2. The number of rotatable bonds is 3. The van der Waals surface area contributed by atoms with E-state index in [-0.39, 0.29) is 11.8 Å². The minimum atomic E-state index is -0.617. The summed E-state index contributed by atoms with van der Waals surface area (Å²) in [4.78, 5) is 12.0. The summed E-state index contributed by atoms with van der Waals surface area (Å²) < 4.78 is 8.17. The third-order valence-corrected chi connectivity index (χ3v) is 3.83. The fourth-order valence-corrected chi connectivity index (χ4v) is 2.66. The number of nitrogens with one attached hydrogen (secondary N) is 1. The maximum Gasteiger partial charge on any atom is 0.241 e. The second-order valence-electron chi connectivity index (χ2n) is 4.44. The molecule has 1 aromatic carbocycles. The van der Waals surface area contributed by atoms with E-state index in [1.54, 1.807) is 0 Å². The monoisotopic (exact) mass is 318 g/mol. The summed E-state index contributed by atoms with van der Waals surface area (Å²) in [6, 6.07) is 0.914. The number of aromatic nitrogens is 2. The van der Waals surface area contributed by atoms with Crippen molar-refractivity contribution in [3.63, 3.8) is 0 Å². The molecule has 0 bridgehead atoms. The van der Waals surface area contributed by atoms with Crippen LogP contribution in [0.25, 0.3) is 11.0 Å². The average molecular weight is 319 g/mol. The Bertz CT molecular complexity index is 628. The van der Waals surface area contributed by atoms with Gasteiger partial charge in [-0.05, 0) is 12.0 Å². The lowest BCUT2D eigenvalue weighted by Gasteiger charge is -2.16. The quantitative estimate of drug-likeness (QED) is 0.911. The van der Waals surface area contributed by atoms with Gasteiger partial charge in [-0.25, -0.2) is 0 Å². The van der Waals surface area contributed by atoms with Gasteiger partial charge in [-0.3, -0.25) is 4.79 Å². The number of benzene rings is 1. The zero-order chi connectivity index (χ0) is 14.2. The van der Waals surface area contributed by atoms with Crippen molar-refractivity contribution in [2.45, 2.75) is 19.9 Å². The van der Waals surface area contributed by atoms with Crippen LogP contribution in [0.2, 0.25) is 10.0 Å². The normalized spacial score (nSPS) is 12.9. The topological polar surface area (TPSA) is 80.9 Å². The molecule has 0 fully saturated rings. The Morgan fingerprint density at radius 3 is 2.58 bits per heavy atom. The first kappa shape index (κ1) is 14.5. The van der Waals surface area contributed by atoms with Crippen molar-refractivity contribution < 1.29 is 4.79 Å². The molecule has 2 aromatic rings. The van der Waals surface area contributed by atoms with E-state index < -0.39 is 6.04 Å². The van der Waals surface area contributed by atoms with Crippen LogP contribution in [0.5, 0.6) is 0 Å². The van der Waals surface area contributed by atoms with E-state index in [2.05, 4.69) is 14.1 Å². The van der Waals surface area contributed by atoms with E-state index in [0.29, 0.717) is 26.8 Å². The Morgan fingerprint density at radius 2 is 1.95 bits per heavy atom. The summed E-state index contributed by atoms with van der Waals surface area (Å²) in [6.45, 7) is 3.74. The summed E-state index contributed by atoms with van der Waals surface area (Å²) in [5.41, 5.74) is 7.19. The van der Waals surface area contributed by atoms with E-state index >= 15 is 0 Å². The Balaban J connectivity index is 2.40. The van der Waals surface area contributed by atoms with Gasteiger partial charge in [-0.2, -0.15) is 8.75 Å². The van der Waals surface area contributed by atoms with Crippen molar-refractivity contribution in [3.05, 3.63) is 16.1 Å². The molecule has 0 radical (unpaired) electrons. The van der Waals surface area contributed by atoms with Crippen molar-refractivity contribution in [1.82, 2.24) is 8.75 Å². The standard InChI is InChI=1S/C11H12Cl2N4OS/c1-4(2)7(14)11(18)15-8-5(12)3-6(13)9-10(8)17-19-16-9/h3-4,7H,14H2,1-2H3,(H,15,18). The number of hydrogen-bond donors (Lipinski definition) is 2. The predicted octanol–water partition coefficient (Wildman–Crippen LogP) is 2.92. The largest absolute Gasteiger partial charge is 0.322 e. The molecule has 1 unspecified atom stereocenters. The smallest absolute Gasteiger partial charge is 0.241 e.